The second-order valence-electron chi connectivity index (χ2n) is 5.92. The zero-order valence-corrected chi connectivity index (χ0v) is 15.2. The summed E-state index contributed by atoms with van der Waals surface area (Å²) in [6, 6.07) is 6.47. The van der Waals surface area contributed by atoms with Crippen LogP contribution in [0.5, 0.6) is 0 Å². The number of nitrogens with one attached hydrogen (secondary N) is 1. The molecule has 0 spiro atoms. The Morgan fingerprint density at radius 1 is 1.27 bits per heavy atom. The summed E-state index contributed by atoms with van der Waals surface area (Å²) >= 11 is 1.15. The minimum Gasteiger partial charge on any atom is -0.462 e. The average molecular weight is 373 g/mol. The maximum absolute atomic E-state index is 12.1. The number of esters is 1. The van der Waals surface area contributed by atoms with E-state index in [1.165, 1.54) is 0 Å². The number of fused-ring (bicyclic) bond motifs is 1. The zero-order chi connectivity index (χ0) is 18.5. The number of carbonyl (C=O) groups is 3. The molecule has 136 valence electrons. The first-order valence-corrected chi connectivity index (χ1v) is 9.45. The number of carbonyl (C=O) groups excluding carboxylic acids is 3. The third-order valence-corrected chi connectivity index (χ3v) is 4.93. The molecule has 0 bridgehead atoms. The van der Waals surface area contributed by atoms with Crippen molar-refractivity contribution in [2.45, 2.75) is 26.2 Å². The van der Waals surface area contributed by atoms with Crippen molar-refractivity contribution in [2.75, 3.05) is 17.7 Å². The first-order valence-electron chi connectivity index (χ1n) is 8.46. The number of aliphatic imine (C=N–C) groups is 2. The van der Waals surface area contributed by atoms with Gasteiger partial charge in [-0.2, -0.15) is 4.99 Å². The molecule has 1 saturated carbocycles. The van der Waals surface area contributed by atoms with Gasteiger partial charge >= 0.3 is 5.97 Å². The molecule has 26 heavy (non-hydrogen) atoms. The van der Waals surface area contributed by atoms with Crippen molar-refractivity contribution in [3.05, 3.63) is 29.8 Å². The van der Waals surface area contributed by atoms with Crippen LogP contribution in [0.15, 0.2) is 34.3 Å². The predicted molar refractivity (Wildman–Crippen MR) is 101 cm³/mol. The number of amidine groups is 1. The Bertz CT molecular complexity index is 786. The lowest BCUT2D eigenvalue weighted by molar-refractivity contribution is -0.119. The van der Waals surface area contributed by atoms with Crippen LogP contribution in [0, 0.1) is 5.92 Å². The maximum Gasteiger partial charge on any atom is 0.338 e. The topological polar surface area (TPSA) is 97.2 Å². The summed E-state index contributed by atoms with van der Waals surface area (Å²) in [5.74, 6) is -0.822. The van der Waals surface area contributed by atoms with Gasteiger partial charge in [-0.05, 0) is 50.5 Å². The van der Waals surface area contributed by atoms with E-state index in [0.29, 0.717) is 23.0 Å². The molecule has 1 aromatic rings. The predicted octanol–water partition coefficient (Wildman–Crippen LogP) is 2.67. The summed E-state index contributed by atoms with van der Waals surface area (Å²) in [5, 5.41) is 3.09. The molecule has 2 amide bonds. The van der Waals surface area contributed by atoms with Gasteiger partial charge in [0.2, 0.25) is 5.91 Å². The monoisotopic (exact) mass is 373 g/mol. The highest BCUT2D eigenvalue weighted by Crippen LogP contribution is 2.28. The normalized spacial score (nSPS) is 18.7. The zero-order valence-electron chi connectivity index (χ0n) is 14.4. The summed E-state index contributed by atoms with van der Waals surface area (Å²) in [5.41, 5.74) is 1.89. The summed E-state index contributed by atoms with van der Waals surface area (Å²) < 4.78 is 4.91. The smallest absolute Gasteiger partial charge is 0.338 e. The number of ether oxygens (including phenoxy) is 1. The molecule has 8 heteroatoms. The van der Waals surface area contributed by atoms with E-state index in [2.05, 4.69) is 15.3 Å². The fourth-order valence-corrected chi connectivity index (χ4v) is 3.51. The summed E-state index contributed by atoms with van der Waals surface area (Å²) in [6.07, 6.45) is 2.61. The molecule has 7 nitrogen and oxygen atoms in total. The minimum atomic E-state index is -0.398. The van der Waals surface area contributed by atoms with E-state index in [0.717, 1.165) is 36.7 Å². The van der Waals surface area contributed by atoms with Gasteiger partial charge in [0.05, 0.1) is 23.8 Å². The van der Waals surface area contributed by atoms with Crippen LogP contribution in [0.2, 0.25) is 0 Å². The average Bonchev–Trinajstić information content (AvgIpc) is 3.10. The SMILES string of the molecule is CCOC(=O)c1ccc(NC(=O)CSC2=NC(=O)C3CCCC3=N2)cc1. The van der Waals surface area contributed by atoms with Gasteiger partial charge in [-0.15, -0.1) is 0 Å². The molecule has 0 radical (unpaired) electrons. The summed E-state index contributed by atoms with van der Waals surface area (Å²) in [7, 11) is 0. The number of thioether (sulfide) groups is 1. The van der Waals surface area contributed by atoms with Crippen LogP contribution in [-0.2, 0) is 14.3 Å². The highest BCUT2D eigenvalue weighted by molar-refractivity contribution is 8.14. The molecular formula is C18H19N3O4S. The fourth-order valence-electron chi connectivity index (χ4n) is 2.84. The van der Waals surface area contributed by atoms with Crippen molar-refractivity contribution < 1.29 is 19.1 Å². The van der Waals surface area contributed by atoms with Gasteiger partial charge in [0.15, 0.2) is 5.17 Å². The molecule has 1 aliphatic heterocycles. The molecule has 1 unspecified atom stereocenters. The molecule has 1 aromatic carbocycles. The van der Waals surface area contributed by atoms with Crippen LogP contribution in [0.3, 0.4) is 0 Å². The third-order valence-electron chi connectivity index (χ3n) is 4.08. The molecule has 3 rings (SSSR count). The number of amides is 2. The highest BCUT2D eigenvalue weighted by Gasteiger charge is 2.32. The first-order chi connectivity index (χ1) is 12.6. The Kier molecular flexibility index (Phi) is 5.82. The number of hydrogen-bond acceptors (Lipinski definition) is 6. The molecule has 1 atom stereocenters. The quantitative estimate of drug-likeness (QED) is 0.800. The van der Waals surface area contributed by atoms with Crippen LogP contribution in [0.1, 0.15) is 36.5 Å². The highest BCUT2D eigenvalue weighted by atomic mass is 32.2. The molecule has 2 aliphatic rings. The van der Waals surface area contributed by atoms with Gasteiger partial charge in [0, 0.05) is 11.4 Å². The second-order valence-corrected chi connectivity index (χ2v) is 6.86. The number of benzene rings is 1. The number of anilines is 1. The van der Waals surface area contributed by atoms with Crippen molar-refractivity contribution in [3.63, 3.8) is 0 Å². The molecule has 0 aromatic heterocycles. The Hall–Kier alpha value is -2.48. The van der Waals surface area contributed by atoms with Crippen molar-refractivity contribution in [3.8, 4) is 0 Å². The molecule has 0 saturated heterocycles. The number of hydrogen-bond donors (Lipinski definition) is 1. The molecule has 1 aliphatic carbocycles. The van der Waals surface area contributed by atoms with E-state index in [1.54, 1.807) is 31.2 Å². The van der Waals surface area contributed by atoms with E-state index >= 15 is 0 Å². The van der Waals surface area contributed by atoms with Gasteiger partial charge < -0.3 is 10.1 Å². The molecule has 1 N–H and O–H groups in total. The van der Waals surface area contributed by atoms with Gasteiger partial charge in [0.25, 0.3) is 5.91 Å². The second kappa shape index (κ2) is 8.27. The van der Waals surface area contributed by atoms with Crippen molar-refractivity contribution in [1.29, 1.82) is 0 Å². The van der Waals surface area contributed by atoms with Gasteiger partial charge in [-0.1, -0.05) is 11.8 Å². The summed E-state index contributed by atoms with van der Waals surface area (Å²) in [4.78, 5) is 44.0. The van der Waals surface area contributed by atoms with E-state index in [4.69, 9.17) is 4.74 Å². The maximum atomic E-state index is 12.1. The van der Waals surface area contributed by atoms with Crippen molar-refractivity contribution in [2.24, 2.45) is 15.9 Å². The lowest BCUT2D eigenvalue weighted by Gasteiger charge is -2.13. The van der Waals surface area contributed by atoms with Crippen LogP contribution in [0.25, 0.3) is 0 Å². The summed E-state index contributed by atoms with van der Waals surface area (Å²) in [6.45, 7) is 2.05. The largest absolute Gasteiger partial charge is 0.462 e. The van der Waals surface area contributed by atoms with Crippen LogP contribution < -0.4 is 5.32 Å². The Morgan fingerprint density at radius 3 is 2.77 bits per heavy atom. The first kappa shape index (κ1) is 18.3. The Morgan fingerprint density at radius 2 is 2.04 bits per heavy atom. The van der Waals surface area contributed by atoms with Crippen LogP contribution in [0.4, 0.5) is 5.69 Å². The van der Waals surface area contributed by atoms with Crippen LogP contribution >= 0.6 is 11.8 Å². The van der Waals surface area contributed by atoms with Gasteiger partial charge in [-0.25, -0.2) is 9.79 Å². The number of nitrogens with zero attached hydrogens (tertiary/aromatic N) is 2. The Balaban J connectivity index is 1.51. The fraction of sp³-hybridized carbons (Fsp3) is 0.389. The molecule has 1 heterocycles. The van der Waals surface area contributed by atoms with Crippen molar-refractivity contribution in [1.82, 2.24) is 0 Å². The van der Waals surface area contributed by atoms with Crippen molar-refractivity contribution >= 4 is 46.1 Å². The van der Waals surface area contributed by atoms with Crippen LogP contribution in [-0.4, -0.2) is 41.0 Å². The van der Waals surface area contributed by atoms with E-state index in [1.807, 2.05) is 0 Å². The number of rotatable bonds is 5. The lowest BCUT2D eigenvalue weighted by atomic mass is 10.1. The van der Waals surface area contributed by atoms with Gasteiger partial charge in [-0.3, -0.25) is 9.59 Å². The van der Waals surface area contributed by atoms with E-state index < -0.39 is 5.97 Å². The van der Waals surface area contributed by atoms with Gasteiger partial charge in [0.1, 0.15) is 0 Å². The molecule has 1 fully saturated rings. The van der Waals surface area contributed by atoms with E-state index in [-0.39, 0.29) is 23.5 Å². The Labute approximate surface area is 155 Å². The lowest BCUT2D eigenvalue weighted by Crippen LogP contribution is -2.24. The van der Waals surface area contributed by atoms with E-state index in [9.17, 15) is 14.4 Å². The standard InChI is InChI=1S/C18H19N3O4S/c1-2-25-17(24)11-6-8-12(9-7-11)19-15(22)10-26-18-20-14-5-3-4-13(14)16(23)21-18/h6-9,13H,2-5,10H2,1H3,(H,19,22). The molecular weight excluding hydrogens is 354 g/mol. The minimum absolute atomic E-state index is 0.104. The third kappa shape index (κ3) is 4.37.